The van der Waals surface area contributed by atoms with Crippen LogP contribution < -0.4 is 5.73 Å². The summed E-state index contributed by atoms with van der Waals surface area (Å²) in [7, 11) is 0. The number of nitrogens with zero attached hydrogens (tertiary/aromatic N) is 2. The van der Waals surface area contributed by atoms with Gasteiger partial charge in [-0.2, -0.15) is 0 Å². The fraction of sp³-hybridized carbons (Fsp3) is 0.556. The number of unbranched alkanes of at least 4 members (excludes halogenated alkanes) is 1. The Kier molecular flexibility index (Phi) is 6.59. The summed E-state index contributed by atoms with van der Waals surface area (Å²) < 4.78 is 5.98. The van der Waals surface area contributed by atoms with Crippen LogP contribution in [0.15, 0.2) is 64.3 Å². The van der Waals surface area contributed by atoms with Crippen molar-refractivity contribution in [1.82, 2.24) is 9.80 Å². The van der Waals surface area contributed by atoms with E-state index in [2.05, 4.69) is 60.9 Å². The molecule has 1 atom stereocenters. The number of ether oxygens (including phenoxy) is 1. The molecule has 168 valence electrons. The van der Waals surface area contributed by atoms with Crippen LogP contribution in [0, 0.1) is 5.41 Å². The molecule has 0 bridgehead atoms. The lowest BCUT2D eigenvalue weighted by Gasteiger charge is -2.39. The number of allylic oxidation sites excluding steroid dienone is 5. The van der Waals surface area contributed by atoms with E-state index in [4.69, 9.17) is 10.5 Å². The third-order valence-corrected chi connectivity index (χ3v) is 7.49. The molecule has 0 saturated carbocycles. The highest BCUT2D eigenvalue weighted by molar-refractivity contribution is 5.58. The van der Waals surface area contributed by atoms with Crippen LogP contribution in [0.25, 0.3) is 0 Å². The number of piperazine rings is 1. The fourth-order valence-corrected chi connectivity index (χ4v) is 5.43. The first-order chi connectivity index (χ1) is 14.9. The summed E-state index contributed by atoms with van der Waals surface area (Å²) in [5.41, 5.74) is 13.1. The molecule has 3 aliphatic rings. The quantitative estimate of drug-likeness (QED) is 0.639. The van der Waals surface area contributed by atoms with E-state index in [1.807, 2.05) is 6.92 Å². The van der Waals surface area contributed by atoms with E-state index in [0.29, 0.717) is 0 Å². The Bertz CT molecular complexity index is 890. The largest absolute Gasteiger partial charge is 0.466 e. The molecule has 1 fully saturated rings. The second-order valence-electron chi connectivity index (χ2n) is 9.90. The van der Waals surface area contributed by atoms with Gasteiger partial charge in [0.05, 0.1) is 0 Å². The van der Waals surface area contributed by atoms with E-state index in [9.17, 15) is 0 Å². The average molecular weight is 422 g/mol. The monoisotopic (exact) mass is 421 g/mol. The zero-order chi connectivity index (χ0) is 22.0. The van der Waals surface area contributed by atoms with E-state index in [1.54, 1.807) is 0 Å². The predicted molar refractivity (Wildman–Crippen MR) is 128 cm³/mol. The van der Waals surface area contributed by atoms with E-state index in [0.717, 1.165) is 43.3 Å². The Morgan fingerprint density at radius 1 is 0.935 bits per heavy atom. The van der Waals surface area contributed by atoms with Gasteiger partial charge in [0.25, 0.3) is 0 Å². The van der Waals surface area contributed by atoms with Crippen LogP contribution in [0.4, 0.5) is 0 Å². The molecule has 1 aromatic carbocycles. The van der Waals surface area contributed by atoms with Crippen molar-refractivity contribution >= 4 is 0 Å². The Labute approximate surface area is 188 Å². The van der Waals surface area contributed by atoms with Crippen molar-refractivity contribution in [3.63, 3.8) is 0 Å². The number of rotatable bonds is 7. The van der Waals surface area contributed by atoms with Crippen molar-refractivity contribution in [3.05, 3.63) is 69.8 Å². The van der Waals surface area contributed by atoms with Crippen molar-refractivity contribution < 1.29 is 4.74 Å². The maximum absolute atomic E-state index is 6.77. The molecule has 4 nitrogen and oxygen atoms in total. The van der Waals surface area contributed by atoms with Crippen LogP contribution in [-0.4, -0.2) is 49.1 Å². The molecule has 1 aromatic rings. The van der Waals surface area contributed by atoms with Gasteiger partial charge in [0.2, 0.25) is 0 Å². The maximum atomic E-state index is 6.77. The summed E-state index contributed by atoms with van der Waals surface area (Å²) in [6, 6.07) is 10.8. The molecule has 1 unspecified atom stereocenters. The third kappa shape index (κ3) is 4.75. The van der Waals surface area contributed by atoms with Gasteiger partial charge in [0, 0.05) is 55.0 Å². The first kappa shape index (κ1) is 22.2. The van der Waals surface area contributed by atoms with Gasteiger partial charge in [-0.1, -0.05) is 37.3 Å². The summed E-state index contributed by atoms with van der Waals surface area (Å²) in [5.74, 6) is 2.02. The second kappa shape index (κ2) is 9.22. The van der Waals surface area contributed by atoms with Crippen LogP contribution in [0.1, 0.15) is 52.5 Å². The van der Waals surface area contributed by atoms with Crippen LogP contribution in [0.2, 0.25) is 0 Å². The summed E-state index contributed by atoms with van der Waals surface area (Å²) in [6.07, 6.45) is 4.74. The van der Waals surface area contributed by atoms with Crippen LogP contribution in [0.5, 0.6) is 0 Å². The number of hydrogen-bond acceptors (Lipinski definition) is 4. The number of nitrogens with two attached hydrogens (primary N) is 1. The Morgan fingerprint density at radius 3 is 2.32 bits per heavy atom. The Hall–Kier alpha value is -2.04. The number of hydrogen-bond donors (Lipinski definition) is 1. The van der Waals surface area contributed by atoms with Gasteiger partial charge in [-0.15, -0.1) is 0 Å². The average Bonchev–Trinajstić information content (AvgIpc) is 3.03. The molecule has 0 amide bonds. The number of aryl methyl sites for hydroxylation is 1. The molecule has 0 aromatic heterocycles. The number of benzene rings is 1. The van der Waals surface area contributed by atoms with Crippen molar-refractivity contribution in [2.75, 3.05) is 39.3 Å². The van der Waals surface area contributed by atoms with Crippen molar-refractivity contribution in [2.24, 2.45) is 11.1 Å². The highest BCUT2D eigenvalue weighted by Gasteiger charge is 2.43. The lowest BCUT2D eigenvalue weighted by Crippen LogP contribution is -2.50. The van der Waals surface area contributed by atoms with Gasteiger partial charge in [-0.3, -0.25) is 4.90 Å². The molecule has 0 spiro atoms. The van der Waals surface area contributed by atoms with Gasteiger partial charge in [-0.05, 0) is 64.1 Å². The van der Waals surface area contributed by atoms with Crippen molar-refractivity contribution in [3.8, 4) is 0 Å². The fourth-order valence-electron chi connectivity index (χ4n) is 5.43. The first-order valence-electron chi connectivity index (χ1n) is 11.9. The minimum absolute atomic E-state index is 0.000972. The van der Waals surface area contributed by atoms with Gasteiger partial charge in [0.1, 0.15) is 11.5 Å². The summed E-state index contributed by atoms with van der Waals surface area (Å²) in [5, 5.41) is 0. The van der Waals surface area contributed by atoms with E-state index in [1.165, 1.54) is 61.2 Å². The van der Waals surface area contributed by atoms with E-state index < -0.39 is 0 Å². The first-order valence-corrected chi connectivity index (χ1v) is 11.9. The Balaban J connectivity index is 1.26. The summed E-state index contributed by atoms with van der Waals surface area (Å²) in [6.45, 7) is 15.5. The molecule has 2 aliphatic heterocycles. The molecule has 4 rings (SSSR count). The third-order valence-electron chi connectivity index (χ3n) is 7.49. The lowest BCUT2D eigenvalue weighted by molar-refractivity contribution is 0.102. The number of fused-ring (bicyclic) bond motifs is 1. The normalized spacial score (nSPS) is 25.3. The highest BCUT2D eigenvalue weighted by atomic mass is 16.5. The zero-order valence-corrected chi connectivity index (χ0v) is 19.8. The molecule has 1 aliphatic carbocycles. The molecule has 0 radical (unpaired) electrons. The summed E-state index contributed by atoms with van der Waals surface area (Å²) >= 11 is 0. The second-order valence-corrected chi connectivity index (χ2v) is 9.90. The van der Waals surface area contributed by atoms with Crippen LogP contribution in [-0.2, 0) is 11.2 Å². The highest BCUT2D eigenvalue weighted by Crippen LogP contribution is 2.50. The molecule has 1 saturated heterocycles. The minimum atomic E-state index is -0.000972. The molecule has 2 N–H and O–H groups in total. The smallest absolute Gasteiger partial charge is 0.104 e. The standard InChI is InChI=1S/C27H39N3O/c1-20-21(2)31-22(3)24-18-27(4,26(28)25(20)24)19-30-16-14-29(15-17-30)13-9-8-12-23-10-6-5-7-11-23/h5-7,10-11H,8-9,12-19,28H2,1-4H3. The van der Waals surface area contributed by atoms with Crippen molar-refractivity contribution in [2.45, 2.75) is 53.4 Å². The van der Waals surface area contributed by atoms with Gasteiger partial charge in [-0.25, -0.2) is 0 Å². The summed E-state index contributed by atoms with van der Waals surface area (Å²) in [4.78, 5) is 5.25. The van der Waals surface area contributed by atoms with Crippen LogP contribution >= 0.6 is 0 Å². The van der Waals surface area contributed by atoms with Gasteiger partial charge < -0.3 is 15.4 Å². The van der Waals surface area contributed by atoms with Crippen LogP contribution in [0.3, 0.4) is 0 Å². The van der Waals surface area contributed by atoms with Gasteiger partial charge in [0.15, 0.2) is 0 Å². The SMILES string of the molecule is CC1=C(C)C2=C(N)C(C)(CN3CCN(CCCCc4ccccc4)CC3)CC2=C(C)O1. The zero-order valence-electron chi connectivity index (χ0n) is 19.8. The minimum Gasteiger partial charge on any atom is -0.466 e. The maximum Gasteiger partial charge on any atom is 0.104 e. The topological polar surface area (TPSA) is 41.7 Å². The predicted octanol–water partition coefficient (Wildman–Crippen LogP) is 4.85. The molecule has 31 heavy (non-hydrogen) atoms. The lowest BCUT2D eigenvalue weighted by atomic mass is 9.85. The van der Waals surface area contributed by atoms with Crippen molar-refractivity contribution in [1.29, 1.82) is 0 Å². The molecule has 4 heteroatoms. The van der Waals surface area contributed by atoms with E-state index in [-0.39, 0.29) is 5.41 Å². The van der Waals surface area contributed by atoms with Gasteiger partial charge >= 0.3 is 0 Å². The molecule has 2 heterocycles. The van der Waals surface area contributed by atoms with E-state index >= 15 is 0 Å². The molecular weight excluding hydrogens is 382 g/mol. The Morgan fingerprint density at radius 2 is 1.61 bits per heavy atom. The molecular formula is C27H39N3O.